The van der Waals surface area contributed by atoms with Gasteiger partial charge in [0, 0.05) is 24.5 Å². The van der Waals surface area contributed by atoms with E-state index in [-0.39, 0.29) is 0 Å². The summed E-state index contributed by atoms with van der Waals surface area (Å²) in [6.07, 6.45) is 2.04. The largest absolute Gasteiger partial charge is 0.399 e. The van der Waals surface area contributed by atoms with Gasteiger partial charge in [-0.2, -0.15) is 0 Å². The second-order valence-electron chi connectivity index (χ2n) is 3.23. The second-order valence-corrected chi connectivity index (χ2v) is 3.23. The van der Waals surface area contributed by atoms with Crippen LogP contribution >= 0.6 is 0 Å². The Morgan fingerprint density at radius 1 is 1.38 bits per heavy atom. The van der Waals surface area contributed by atoms with E-state index in [1.807, 2.05) is 19.3 Å². The highest BCUT2D eigenvalue weighted by Gasteiger charge is 1.99. The van der Waals surface area contributed by atoms with Gasteiger partial charge in [-0.3, -0.25) is 0 Å². The average molecular weight is 172 g/mol. The number of hydrogen-bond donors (Lipinski definition) is 1. The van der Waals surface area contributed by atoms with Crippen LogP contribution in [-0.2, 0) is 7.05 Å². The summed E-state index contributed by atoms with van der Waals surface area (Å²) in [5, 5.41) is 1.23. The number of fused-ring (bicyclic) bond motifs is 1. The molecule has 2 rings (SSSR count). The third-order valence-corrected chi connectivity index (χ3v) is 2.26. The van der Waals surface area contributed by atoms with Crippen molar-refractivity contribution in [2.24, 2.45) is 12.8 Å². The van der Waals surface area contributed by atoms with E-state index in [2.05, 4.69) is 29.3 Å². The minimum Gasteiger partial charge on any atom is -0.399 e. The van der Waals surface area contributed by atoms with Crippen molar-refractivity contribution in [1.82, 2.24) is 4.57 Å². The minimum atomic E-state index is 0.614. The van der Waals surface area contributed by atoms with Crippen LogP contribution in [0.25, 0.3) is 16.6 Å². The SMILES string of the molecule is C=C(N)c1ccc2ccn(C)c2c1. The van der Waals surface area contributed by atoms with E-state index >= 15 is 0 Å². The van der Waals surface area contributed by atoms with Crippen LogP contribution in [0.1, 0.15) is 5.56 Å². The Kier molecular flexibility index (Phi) is 1.62. The van der Waals surface area contributed by atoms with E-state index < -0.39 is 0 Å². The van der Waals surface area contributed by atoms with Gasteiger partial charge in [0.2, 0.25) is 0 Å². The first-order chi connectivity index (χ1) is 6.18. The van der Waals surface area contributed by atoms with Crippen molar-refractivity contribution in [3.63, 3.8) is 0 Å². The highest BCUT2D eigenvalue weighted by molar-refractivity contribution is 5.83. The molecule has 0 saturated carbocycles. The summed E-state index contributed by atoms with van der Waals surface area (Å²) < 4.78 is 2.07. The molecule has 0 unspecified atom stereocenters. The van der Waals surface area contributed by atoms with E-state index in [1.54, 1.807) is 0 Å². The van der Waals surface area contributed by atoms with Gasteiger partial charge in [-0.15, -0.1) is 0 Å². The summed E-state index contributed by atoms with van der Waals surface area (Å²) in [5.41, 5.74) is 8.41. The molecule has 0 fully saturated rings. The third-order valence-electron chi connectivity index (χ3n) is 2.26. The van der Waals surface area contributed by atoms with E-state index in [1.165, 1.54) is 10.9 Å². The van der Waals surface area contributed by atoms with Crippen LogP contribution in [0.4, 0.5) is 0 Å². The van der Waals surface area contributed by atoms with Crippen molar-refractivity contribution in [2.45, 2.75) is 0 Å². The number of rotatable bonds is 1. The standard InChI is InChI=1S/C11H12N2/c1-8(12)10-4-3-9-5-6-13(2)11(9)7-10/h3-7H,1,12H2,2H3. The van der Waals surface area contributed by atoms with Gasteiger partial charge < -0.3 is 10.3 Å². The van der Waals surface area contributed by atoms with Gasteiger partial charge in [-0.05, 0) is 23.1 Å². The van der Waals surface area contributed by atoms with E-state index in [0.29, 0.717) is 5.70 Å². The molecule has 0 amide bonds. The first-order valence-electron chi connectivity index (χ1n) is 4.18. The molecule has 0 spiro atoms. The predicted octanol–water partition coefficient (Wildman–Crippen LogP) is 2.11. The highest BCUT2D eigenvalue weighted by Crippen LogP contribution is 2.18. The minimum absolute atomic E-state index is 0.614. The molecule has 1 aromatic carbocycles. The van der Waals surface area contributed by atoms with E-state index in [0.717, 1.165) is 5.56 Å². The molecule has 0 saturated heterocycles. The summed E-state index contributed by atoms with van der Waals surface area (Å²) in [5.74, 6) is 0. The molecule has 2 heteroatoms. The van der Waals surface area contributed by atoms with E-state index in [9.17, 15) is 0 Å². The molecule has 0 radical (unpaired) electrons. The third kappa shape index (κ3) is 1.20. The normalized spacial score (nSPS) is 10.5. The summed E-state index contributed by atoms with van der Waals surface area (Å²) in [4.78, 5) is 0. The maximum Gasteiger partial charge on any atom is 0.0484 e. The molecule has 1 heterocycles. The van der Waals surface area contributed by atoms with Gasteiger partial charge in [0.25, 0.3) is 0 Å². The van der Waals surface area contributed by atoms with Crippen LogP contribution in [0.2, 0.25) is 0 Å². The Bertz CT molecular complexity index is 466. The second kappa shape index (κ2) is 2.66. The Morgan fingerprint density at radius 3 is 2.85 bits per heavy atom. The van der Waals surface area contributed by atoms with Crippen LogP contribution < -0.4 is 5.73 Å². The molecule has 0 aliphatic heterocycles. The summed E-state index contributed by atoms with van der Waals surface area (Å²) in [7, 11) is 2.02. The smallest absolute Gasteiger partial charge is 0.0484 e. The molecule has 0 aliphatic rings. The van der Waals surface area contributed by atoms with Crippen molar-refractivity contribution in [1.29, 1.82) is 0 Å². The molecule has 0 aliphatic carbocycles. The zero-order valence-corrected chi connectivity index (χ0v) is 7.62. The van der Waals surface area contributed by atoms with Gasteiger partial charge in [-0.25, -0.2) is 0 Å². The number of aromatic nitrogens is 1. The number of nitrogens with zero attached hydrogens (tertiary/aromatic N) is 1. The predicted molar refractivity (Wildman–Crippen MR) is 56.1 cm³/mol. The average Bonchev–Trinajstić information content (AvgIpc) is 2.47. The lowest BCUT2D eigenvalue weighted by atomic mass is 10.1. The lowest BCUT2D eigenvalue weighted by molar-refractivity contribution is 0.969. The topological polar surface area (TPSA) is 30.9 Å². The summed E-state index contributed by atoms with van der Waals surface area (Å²) in [6.45, 7) is 3.71. The molecule has 1 aromatic heterocycles. The van der Waals surface area contributed by atoms with Crippen LogP contribution in [0, 0.1) is 0 Å². The van der Waals surface area contributed by atoms with Crippen molar-refractivity contribution in [2.75, 3.05) is 0 Å². The van der Waals surface area contributed by atoms with Crippen molar-refractivity contribution in [3.05, 3.63) is 42.6 Å². The lowest BCUT2D eigenvalue weighted by Crippen LogP contribution is -1.94. The van der Waals surface area contributed by atoms with Crippen LogP contribution in [0.3, 0.4) is 0 Å². The zero-order chi connectivity index (χ0) is 9.42. The lowest BCUT2D eigenvalue weighted by Gasteiger charge is -2.01. The maximum absolute atomic E-state index is 5.62. The van der Waals surface area contributed by atoms with E-state index in [4.69, 9.17) is 5.73 Å². The van der Waals surface area contributed by atoms with Crippen molar-refractivity contribution < 1.29 is 0 Å². The molecule has 13 heavy (non-hydrogen) atoms. The van der Waals surface area contributed by atoms with Gasteiger partial charge >= 0.3 is 0 Å². The number of aryl methyl sites for hydroxylation is 1. The number of benzene rings is 1. The molecule has 2 aromatic rings. The first kappa shape index (κ1) is 7.92. The molecular weight excluding hydrogens is 160 g/mol. The molecule has 2 N–H and O–H groups in total. The van der Waals surface area contributed by atoms with Crippen LogP contribution in [0.5, 0.6) is 0 Å². The maximum atomic E-state index is 5.62. The van der Waals surface area contributed by atoms with Crippen molar-refractivity contribution in [3.8, 4) is 0 Å². The van der Waals surface area contributed by atoms with Gasteiger partial charge in [0.15, 0.2) is 0 Å². The Labute approximate surface area is 77.3 Å². The van der Waals surface area contributed by atoms with Crippen molar-refractivity contribution >= 4 is 16.6 Å². The monoisotopic (exact) mass is 172 g/mol. The van der Waals surface area contributed by atoms with Crippen LogP contribution in [-0.4, -0.2) is 4.57 Å². The summed E-state index contributed by atoms with van der Waals surface area (Å²) in [6, 6.07) is 8.18. The Morgan fingerprint density at radius 2 is 2.15 bits per heavy atom. The molecule has 0 atom stereocenters. The molecular formula is C11H12N2. The Hall–Kier alpha value is -1.70. The number of hydrogen-bond acceptors (Lipinski definition) is 1. The van der Waals surface area contributed by atoms with Gasteiger partial charge in [0.1, 0.15) is 0 Å². The quantitative estimate of drug-likeness (QED) is 0.701. The zero-order valence-electron chi connectivity index (χ0n) is 7.62. The first-order valence-corrected chi connectivity index (χ1v) is 4.18. The molecule has 2 nitrogen and oxygen atoms in total. The fourth-order valence-electron chi connectivity index (χ4n) is 1.46. The van der Waals surface area contributed by atoms with Gasteiger partial charge in [0.05, 0.1) is 0 Å². The Balaban J connectivity index is 2.72. The molecule has 66 valence electrons. The van der Waals surface area contributed by atoms with Crippen LogP contribution in [0.15, 0.2) is 37.0 Å². The fraction of sp³-hybridized carbons (Fsp3) is 0.0909. The highest BCUT2D eigenvalue weighted by atomic mass is 14.9. The fourth-order valence-corrected chi connectivity index (χ4v) is 1.46. The molecule has 0 bridgehead atoms. The number of nitrogens with two attached hydrogens (primary N) is 1. The van der Waals surface area contributed by atoms with Gasteiger partial charge in [-0.1, -0.05) is 18.7 Å². The summed E-state index contributed by atoms with van der Waals surface area (Å²) >= 11 is 0.